The molecule has 3 aromatic rings. The van der Waals surface area contributed by atoms with Crippen LogP contribution in [0.15, 0.2) is 59.2 Å². The predicted octanol–water partition coefficient (Wildman–Crippen LogP) is 5.23. The highest BCUT2D eigenvalue weighted by molar-refractivity contribution is 9.10. The third kappa shape index (κ3) is 2.79. The molecule has 0 saturated heterocycles. The van der Waals surface area contributed by atoms with Gasteiger partial charge in [-0.05, 0) is 39.7 Å². The average Bonchev–Trinajstić information content (AvgIpc) is 2.50. The number of ether oxygens (including phenoxy) is 1. The van der Waals surface area contributed by atoms with Gasteiger partial charge in [-0.1, -0.05) is 41.9 Å². The second kappa shape index (κ2) is 5.81. The number of hydrogen-bond donors (Lipinski definition) is 0. The molecule has 0 aliphatic carbocycles. The summed E-state index contributed by atoms with van der Waals surface area (Å²) in [6.07, 6.45) is 1.64. The number of aromatic nitrogens is 1. The molecule has 4 heteroatoms. The van der Waals surface area contributed by atoms with Gasteiger partial charge in [0.1, 0.15) is 12.4 Å². The summed E-state index contributed by atoms with van der Waals surface area (Å²) >= 11 is 9.55. The lowest BCUT2D eigenvalue weighted by Crippen LogP contribution is -1.95. The number of rotatable bonds is 3. The molecule has 0 atom stereocenters. The molecule has 1 aromatic heterocycles. The normalized spacial score (nSPS) is 10.7. The molecule has 0 spiro atoms. The van der Waals surface area contributed by atoms with Crippen molar-refractivity contribution in [3.8, 4) is 5.75 Å². The Kier molecular flexibility index (Phi) is 3.90. The van der Waals surface area contributed by atoms with Crippen LogP contribution in [0.1, 0.15) is 5.56 Å². The Morgan fingerprint density at radius 1 is 1.10 bits per heavy atom. The van der Waals surface area contributed by atoms with E-state index in [4.69, 9.17) is 16.3 Å². The molecule has 2 nitrogen and oxygen atoms in total. The monoisotopic (exact) mass is 347 g/mol. The molecular formula is C16H11BrClNO. The minimum absolute atomic E-state index is 0.540. The minimum Gasteiger partial charge on any atom is -0.489 e. The van der Waals surface area contributed by atoms with Crippen molar-refractivity contribution >= 4 is 38.4 Å². The van der Waals surface area contributed by atoms with Gasteiger partial charge in [-0.15, -0.1) is 0 Å². The zero-order valence-corrected chi connectivity index (χ0v) is 12.9. The van der Waals surface area contributed by atoms with Crippen molar-refractivity contribution in [2.45, 2.75) is 6.61 Å². The van der Waals surface area contributed by atoms with Crippen molar-refractivity contribution < 1.29 is 4.74 Å². The van der Waals surface area contributed by atoms with Crippen LogP contribution >= 0.6 is 27.5 Å². The van der Waals surface area contributed by atoms with Crippen molar-refractivity contribution in [1.29, 1.82) is 0 Å². The van der Waals surface area contributed by atoms with Crippen molar-refractivity contribution in [3.05, 3.63) is 69.8 Å². The zero-order valence-electron chi connectivity index (χ0n) is 10.5. The van der Waals surface area contributed by atoms with Crippen LogP contribution in [0, 0.1) is 0 Å². The Bertz CT molecular complexity index is 746. The highest BCUT2D eigenvalue weighted by Crippen LogP contribution is 2.31. The van der Waals surface area contributed by atoms with Crippen LogP contribution < -0.4 is 4.74 Å². The van der Waals surface area contributed by atoms with Gasteiger partial charge in [0, 0.05) is 16.1 Å². The van der Waals surface area contributed by atoms with E-state index < -0.39 is 0 Å². The predicted molar refractivity (Wildman–Crippen MR) is 85.2 cm³/mol. The van der Waals surface area contributed by atoms with E-state index in [0.717, 1.165) is 26.7 Å². The summed E-state index contributed by atoms with van der Waals surface area (Å²) in [7, 11) is 0. The maximum Gasteiger partial charge on any atom is 0.120 e. The van der Waals surface area contributed by atoms with E-state index in [2.05, 4.69) is 20.9 Å². The topological polar surface area (TPSA) is 22.1 Å². The fourth-order valence-electron chi connectivity index (χ4n) is 1.95. The molecule has 0 N–H and O–H groups in total. The lowest BCUT2D eigenvalue weighted by atomic mass is 10.2. The summed E-state index contributed by atoms with van der Waals surface area (Å²) in [5.41, 5.74) is 2.02. The van der Waals surface area contributed by atoms with Gasteiger partial charge in [0.2, 0.25) is 0 Å². The fraction of sp³-hybridized carbons (Fsp3) is 0.0625. The summed E-state index contributed by atoms with van der Waals surface area (Å²) in [6, 6.07) is 15.9. The second-order valence-electron chi connectivity index (χ2n) is 4.37. The highest BCUT2D eigenvalue weighted by Gasteiger charge is 2.06. The number of benzene rings is 2. The summed E-state index contributed by atoms with van der Waals surface area (Å²) in [5.74, 6) is 0.797. The zero-order chi connectivity index (χ0) is 13.9. The molecular weight excluding hydrogens is 338 g/mol. The maximum atomic E-state index is 6.06. The van der Waals surface area contributed by atoms with Crippen LogP contribution in [-0.2, 0) is 6.61 Å². The number of hydrogen-bond acceptors (Lipinski definition) is 2. The summed E-state index contributed by atoms with van der Waals surface area (Å²) in [5, 5.41) is 1.54. The standard InChI is InChI=1S/C16H11BrClNO/c17-16-13-8-12(6-7-15(13)19-9-14(16)18)20-10-11-4-2-1-3-5-11/h1-9H,10H2. The molecule has 0 amide bonds. The van der Waals surface area contributed by atoms with Crippen molar-refractivity contribution in [2.24, 2.45) is 0 Å². The molecule has 0 saturated carbocycles. The van der Waals surface area contributed by atoms with Gasteiger partial charge in [0.25, 0.3) is 0 Å². The fourth-order valence-corrected chi connectivity index (χ4v) is 2.52. The van der Waals surface area contributed by atoms with Gasteiger partial charge in [-0.2, -0.15) is 0 Å². The number of halogens is 2. The first-order chi connectivity index (χ1) is 9.74. The number of fused-ring (bicyclic) bond motifs is 1. The van der Waals surface area contributed by atoms with Crippen LogP contribution in [0.5, 0.6) is 5.75 Å². The molecule has 0 bridgehead atoms. The lowest BCUT2D eigenvalue weighted by molar-refractivity contribution is 0.306. The summed E-state index contributed by atoms with van der Waals surface area (Å²) < 4.78 is 6.65. The summed E-state index contributed by atoms with van der Waals surface area (Å²) in [4.78, 5) is 4.28. The Hall–Kier alpha value is -1.58. The smallest absolute Gasteiger partial charge is 0.120 e. The van der Waals surface area contributed by atoms with Crippen molar-refractivity contribution in [1.82, 2.24) is 4.98 Å². The SMILES string of the molecule is Clc1cnc2ccc(OCc3ccccc3)cc2c1Br. The first kappa shape index (κ1) is 13.4. The van der Waals surface area contributed by atoms with E-state index in [1.165, 1.54) is 0 Å². The van der Waals surface area contributed by atoms with E-state index in [9.17, 15) is 0 Å². The van der Waals surface area contributed by atoms with Gasteiger partial charge in [0.05, 0.1) is 10.5 Å². The molecule has 0 aliphatic heterocycles. The average molecular weight is 349 g/mol. The molecule has 3 rings (SSSR count). The van der Waals surface area contributed by atoms with E-state index >= 15 is 0 Å². The van der Waals surface area contributed by atoms with E-state index in [0.29, 0.717) is 11.6 Å². The molecule has 2 aromatic carbocycles. The quantitative estimate of drug-likeness (QED) is 0.646. The van der Waals surface area contributed by atoms with Gasteiger partial charge < -0.3 is 4.74 Å². The largest absolute Gasteiger partial charge is 0.489 e. The Balaban J connectivity index is 1.87. The van der Waals surface area contributed by atoms with Gasteiger partial charge in [-0.3, -0.25) is 4.98 Å². The molecule has 0 fully saturated rings. The molecule has 0 radical (unpaired) electrons. The molecule has 1 heterocycles. The van der Waals surface area contributed by atoms with E-state index in [-0.39, 0.29) is 0 Å². The Morgan fingerprint density at radius 3 is 2.70 bits per heavy atom. The maximum absolute atomic E-state index is 6.06. The number of nitrogens with zero attached hydrogens (tertiary/aromatic N) is 1. The van der Waals surface area contributed by atoms with Crippen molar-refractivity contribution in [3.63, 3.8) is 0 Å². The third-order valence-corrected chi connectivity index (χ3v) is 4.35. The second-order valence-corrected chi connectivity index (χ2v) is 5.57. The molecule has 100 valence electrons. The van der Waals surface area contributed by atoms with Crippen LogP contribution in [0.2, 0.25) is 5.02 Å². The van der Waals surface area contributed by atoms with Crippen LogP contribution in [0.25, 0.3) is 10.9 Å². The van der Waals surface area contributed by atoms with Crippen LogP contribution in [-0.4, -0.2) is 4.98 Å². The Labute approximate surface area is 130 Å². The van der Waals surface area contributed by atoms with Crippen molar-refractivity contribution in [2.75, 3.05) is 0 Å². The van der Waals surface area contributed by atoms with E-state index in [1.54, 1.807) is 6.20 Å². The first-order valence-electron chi connectivity index (χ1n) is 6.14. The lowest BCUT2D eigenvalue weighted by Gasteiger charge is -2.08. The van der Waals surface area contributed by atoms with Gasteiger partial charge in [0.15, 0.2) is 0 Å². The molecule has 0 aliphatic rings. The Morgan fingerprint density at radius 2 is 1.90 bits per heavy atom. The van der Waals surface area contributed by atoms with E-state index in [1.807, 2.05) is 48.5 Å². The minimum atomic E-state index is 0.540. The van der Waals surface area contributed by atoms with Gasteiger partial charge >= 0.3 is 0 Å². The summed E-state index contributed by atoms with van der Waals surface area (Å²) in [6.45, 7) is 0.540. The van der Waals surface area contributed by atoms with Crippen LogP contribution in [0.4, 0.5) is 0 Å². The number of pyridine rings is 1. The first-order valence-corrected chi connectivity index (χ1v) is 7.31. The molecule has 0 unspecified atom stereocenters. The third-order valence-electron chi connectivity index (χ3n) is 2.98. The molecule has 20 heavy (non-hydrogen) atoms. The highest BCUT2D eigenvalue weighted by atomic mass is 79.9. The van der Waals surface area contributed by atoms with Crippen LogP contribution in [0.3, 0.4) is 0 Å². The van der Waals surface area contributed by atoms with Gasteiger partial charge in [-0.25, -0.2) is 0 Å².